The predicted octanol–water partition coefficient (Wildman–Crippen LogP) is 3.34. The molecule has 0 aromatic rings. The molecule has 0 spiro atoms. The monoisotopic (exact) mass is 212 g/mol. The van der Waals surface area contributed by atoms with Crippen molar-refractivity contribution in [3.8, 4) is 0 Å². The van der Waals surface area contributed by atoms with Gasteiger partial charge in [0.25, 0.3) is 0 Å². The van der Waals surface area contributed by atoms with Crippen molar-refractivity contribution in [1.29, 1.82) is 0 Å². The minimum Gasteiger partial charge on any atom is -0.381 e. The van der Waals surface area contributed by atoms with Crippen LogP contribution in [0.2, 0.25) is 0 Å². The fourth-order valence-electron chi connectivity index (χ4n) is 2.15. The van der Waals surface area contributed by atoms with E-state index in [9.17, 15) is 4.79 Å². The Bertz CT molecular complexity index is 177. The summed E-state index contributed by atoms with van der Waals surface area (Å²) in [6.07, 6.45) is 8.98. The van der Waals surface area contributed by atoms with Gasteiger partial charge in [-0.05, 0) is 25.7 Å². The van der Waals surface area contributed by atoms with Crippen molar-refractivity contribution in [2.24, 2.45) is 5.92 Å². The second-order valence-electron chi connectivity index (χ2n) is 4.52. The Morgan fingerprint density at radius 1 is 1.27 bits per heavy atom. The molecular weight excluding hydrogens is 188 g/mol. The van der Waals surface area contributed by atoms with Crippen molar-refractivity contribution in [3.63, 3.8) is 0 Å². The zero-order chi connectivity index (χ0) is 10.9. The molecule has 1 rings (SSSR count). The molecule has 1 saturated carbocycles. The van der Waals surface area contributed by atoms with Gasteiger partial charge < -0.3 is 4.74 Å². The van der Waals surface area contributed by atoms with Crippen molar-refractivity contribution in [2.45, 2.75) is 58.3 Å². The van der Waals surface area contributed by atoms with Crippen LogP contribution in [0.25, 0.3) is 0 Å². The maximum atomic E-state index is 11.3. The SMILES string of the molecule is CCCCCCOCCC1CCCC1=O. The minimum atomic E-state index is 0.320. The highest BCUT2D eigenvalue weighted by molar-refractivity contribution is 5.82. The number of hydrogen-bond donors (Lipinski definition) is 0. The third kappa shape index (κ3) is 5.31. The van der Waals surface area contributed by atoms with Crippen molar-refractivity contribution < 1.29 is 9.53 Å². The summed E-state index contributed by atoms with van der Waals surface area (Å²) in [4.78, 5) is 11.3. The highest BCUT2D eigenvalue weighted by atomic mass is 16.5. The maximum Gasteiger partial charge on any atom is 0.136 e. The van der Waals surface area contributed by atoms with Gasteiger partial charge in [-0.3, -0.25) is 4.79 Å². The summed E-state index contributed by atoms with van der Waals surface area (Å²) in [5, 5.41) is 0. The van der Waals surface area contributed by atoms with Gasteiger partial charge in [-0.25, -0.2) is 0 Å². The normalized spacial score (nSPS) is 21.1. The van der Waals surface area contributed by atoms with Gasteiger partial charge in [-0.15, -0.1) is 0 Å². The number of carbonyl (C=O) groups excluding carboxylic acids is 1. The van der Waals surface area contributed by atoms with Gasteiger partial charge in [-0.1, -0.05) is 26.2 Å². The van der Waals surface area contributed by atoms with E-state index in [-0.39, 0.29) is 0 Å². The Morgan fingerprint density at radius 2 is 2.13 bits per heavy atom. The minimum absolute atomic E-state index is 0.320. The first-order chi connectivity index (χ1) is 7.34. The smallest absolute Gasteiger partial charge is 0.136 e. The first kappa shape index (κ1) is 12.7. The van der Waals surface area contributed by atoms with E-state index >= 15 is 0 Å². The molecule has 0 aromatic carbocycles. The van der Waals surface area contributed by atoms with Crippen LogP contribution in [0.15, 0.2) is 0 Å². The Kier molecular flexibility index (Phi) is 6.66. The summed E-state index contributed by atoms with van der Waals surface area (Å²) in [7, 11) is 0. The lowest BCUT2D eigenvalue weighted by atomic mass is 10.0. The van der Waals surface area contributed by atoms with E-state index in [2.05, 4.69) is 6.92 Å². The molecule has 0 N–H and O–H groups in total. The van der Waals surface area contributed by atoms with Gasteiger partial charge in [0, 0.05) is 25.6 Å². The van der Waals surface area contributed by atoms with Crippen LogP contribution in [-0.2, 0) is 9.53 Å². The van der Waals surface area contributed by atoms with Crippen LogP contribution in [0.1, 0.15) is 58.3 Å². The molecule has 0 aliphatic heterocycles. The van der Waals surface area contributed by atoms with Crippen LogP contribution in [-0.4, -0.2) is 19.0 Å². The van der Waals surface area contributed by atoms with Gasteiger partial charge in [0.2, 0.25) is 0 Å². The zero-order valence-corrected chi connectivity index (χ0v) is 9.96. The molecule has 0 saturated heterocycles. The van der Waals surface area contributed by atoms with Gasteiger partial charge in [0.15, 0.2) is 0 Å². The van der Waals surface area contributed by atoms with Crippen LogP contribution < -0.4 is 0 Å². The fourth-order valence-corrected chi connectivity index (χ4v) is 2.15. The number of ether oxygens (including phenoxy) is 1. The molecule has 1 unspecified atom stereocenters. The van der Waals surface area contributed by atoms with Crippen molar-refractivity contribution >= 4 is 5.78 Å². The molecule has 0 aromatic heterocycles. The third-order valence-electron chi connectivity index (χ3n) is 3.18. The topological polar surface area (TPSA) is 26.3 Å². The lowest BCUT2D eigenvalue weighted by Gasteiger charge is -2.08. The maximum absolute atomic E-state index is 11.3. The van der Waals surface area contributed by atoms with Crippen LogP contribution >= 0.6 is 0 Å². The van der Waals surface area contributed by atoms with E-state index in [0.29, 0.717) is 11.7 Å². The lowest BCUT2D eigenvalue weighted by Crippen LogP contribution is -2.10. The van der Waals surface area contributed by atoms with E-state index in [1.54, 1.807) is 0 Å². The van der Waals surface area contributed by atoms with Crippen LogP contribution in [0, 0.1) is 5.92 Å². The Morgan fingerprint density at radius 3 is 2.80 bits per heavy atom. The lowest BCUT2D eigenvalue weighted by molar-refractivity contribution is -0.121. The molecular formula is C13H24O2. The first-order valence-electron chi connectivity index (χ1n) is 6.45. The summed E-state index contributed by atoms with van der Waals surface area (Å²) in [6, 6.07) is 0. The van der Waals surface area contributed by atoms with E-state index < -0.39 is 0 Å². The first-order valence-corrected chi connectivity index (χ1v) is 6.45. The van der Waals surface area contributed by atoms with Crippen molar-refractivity contribution in [3.05, 3.63) is 0 Å². The van der Waals surface area contributed by atoms with Gasteiger partial charge in [0.1, 0.15) is 5.78 Å². The molecule has 88 valence electrons. The second-order valence-corrected chi connectivity index (χ2v) is 4.52. The Balaban J connectivity index is 1.86. The molecule has 0 heterocycles. The molecule has 0 amide bonds. The average molecular weight is 212 g/mol. The van der Waals surface area contributed by atoms with Crippen LogP contribution in [0.3, 0.4) is 0 Å². The van der Waals surface area contributed by atoms with E-state index in [1.165, 1.54) is 25.7 Å². The summed E-state index contributed by atoms with van der Waals surface area (Å²) in [5.74, 6) is 0.783. The molecule has 2 nitrogen and oxygen atoms in total. The number of rotatable bonds is 8. The van der Waals surface area contributed by atoms with Gasteiger partial charge in [-0.2, -0.15) is 0 Å². The quantitative estimate of drug-likeness (QED) is 0.577. The van der Waals surface area contributed by atoms with Crippen LogP contribution in [0.5, 0.6) is 0 Å². The Labute approximate surface area is 93.4 Å². The van der Waals surface area contributed by atoms with Crippen LogP contribution in [0.4, 0.5) is 0 Å². The third-order valence-corrected chi connectivity index (χ3v) is 3.18. The summed E-state index contributed by atoms with van der Waals surface area (Å²) in [6.45, 7) is 3.87. The largest absolute Gasteiger partial charge is 0.381 e. The molecule has 1 aliphatic carbocycles. The average Bonchev–Trinajstić information content (AvgIpc) is 2.63. The number of carbonyl (C=O) groups is 1. The molecule has 0 radical (unpaired) electrons. The number of hydrogen-bond acceptors (Lipinski definition) is 2. The molecule has 1 atom stereocenters. The molecule has 1 fully saturated rings. The molecule has 1 aliphatic rings. The molecule has 15 heavy (non-hydrogen) atoms. The highest BCUT2D eigenvalue weighted by Crippen LogP contribution is 2.23. The summed E-state index contributed by atoms with van der Waals surface area (Å²) in [5.41, 5.74) is 0. The summed E-state index contributed by atoms with van der Waals surface area (Å²) >= 11 is 0. The van der Waals surface area contributed by atoms with Gasteiger partial charge >= 0.3 is 0 Å². The molecule has 2 heteroatoms. The summed E-state index contributed by atoms with van der Waals surface area (Å²) < 4.78 is 5.54. The van der Waals surface area contributed by atoms with Gasteiger partial charge in [0.05, 0.1) is 0 Å². The number of ketones is 1. The second kappa shape index (κ2) is 7.86. The fraction of sp³-hybridized carbons (Fsp3) is 0.923. The van der Waals surface area contributed by atoms with E-state index in [4.69, 9.17) is 4.74 Å². The Hall–Kier alpha value is -0.370. The molecule has 0 bridgehead atoms. The van der Waals surface area contributed by atoms with Crippen molar-refractivity contribution in [2.75, 3.05) is 13.2 Å². The predicted molar refractivity (Wildman–Crippen MR) is 61.9 cm³/mol. The van der Waals surface area contributed by atoms with E-state index in [0.717, 1.165) is 38.9 Å². The standard InChI is InChI=1S/C13H24O2/c1-2-3-4-5-10-15-11-9-12-7-6-8-13(12)14/h12H,2-11H2,1H3. The van der Waals surface area contributed by atoms with E-state index in [1.807, 2.05) is 0 Å². The number of Topliss-reactive ketones (excluding diaryl/α,β-unsaturated/α-hetero) is 1. The zero-order valence-electron chi connectivity index (χ0n) is 9.96. The number of unbranched alkanes of at least 4 members (excludes halogenated alkanes) is 3. The highest BCUT2D eigenvalue weighted by Gasteiger charge is 2.23. The van der Waals surface area contributed by atoms with Crippen molar-refractivity contribution in [1.82, 2.24) is 0 Å².